The fraction of sp³-hybridized carbons (Fsp3) is 0. The first kappa shape index (κ1) is 14.3. The second-order valence-electron chi connectivity index (χ2n) is 4.18. The van der Waals surface area contributed by atoms with Crippen molar-refractivity contribution in [3.05, 3.63) is 56.9 Å². The topological polar surface area (TPSA) is 59.3 Å². The summed E-state index contributed by atoms with van der Waals surface area (Å²) in [4.78, 5) is 16.3. The van der Waals surface area contributed by atoms with Crippen molar-refractivity contribution in [2.75, 3.05) is 5.32 Å². The van der Waals surface area contributed by atoms with Crippen molar-refractivity contribution in [2.24, 2.45) is 0 Å². The quantitative estimate of drug-likeness (QED) is 0.723. The maximum Gasteiger partial charge on any atom is 0.276 e. The molecule has 0 radical (unpaired) electrons. The van der Waals surface area contributed by atoms with Gasteiger partial charge in [0.1, 0.15) is 0 Å². The molecule has 0 fully saturated rings. The Kier molecular flexibility index (Phi) is 3.84. The van der Waals surface area contributed by atoms with Gasteiger partial charge < -0.3 is 5.32 Å². The molecule has 1 amide bonds. The second-order valence-corrected chi connectivity index (χ2v) is 5.94. The summed E-state index contributed by atoms with van der Waals surface area (Å²) in [5, 5.41) is 7.71. The zero-order valence-electron chi connectivity index (χ0n) is 10.3. The third kappa shape index (κ3) is 3.02. The van der Waals surface area contributed by atoms with Gasteiger partial charge in [0, 0.05) is 23.5 Å². The average Bonchev–Trinajstić information content (AvgIpc) is 2.85. The molecule has 21 heavy (non-hydrogen) atoms. The summed E-state index contributed by atoms with van der Waals surface area (Å²) in [5.41, 5.74) is 1.29. The van der Waals surface area contributed by atoms with Crippen LogP contribution in [0.3, 0.4) is 0 Å². The molecule has 0 bridgehead atoms. The number of carbonyl (C=O) groups is 1. The zero-order valence-corrected chi connectivity index (χ0v) is 13.4. The van der Waals surface area contributed by atoms with E-state index in [2.05, 4.69) is 31.3 Å². The molecule has 0 aliphatic carbocycles. The van der Waals surface area contributed by atoms with Crippen molar-refractivity contribution in [2.45, 2.75) is 0 Å². The molecule has 1 aromatic carbocycles. The van der Waals surface area contributed by atoms with Crippen LogP contribution >= 0.6 is 39.1 Å². The predicted octanol–water partition coefficient (Wildman–Crippen LogP) is 4.05. The Morgan fingerprint density at radius 2 is 2.10 bits per heavy atom. The SMILES string of the molecule is O=C(Nc1ccc(Cl)cc1Cl)c1cc2ncc(Br)cn2n1. The van der Waals surface area contributed by atoms with Crippen molar-refractivity contribution in [3.63, 3.8) is 0 Å². The number of aromatic nitrogens is 3. The van der Waals surface area contributed by atoms with Gasteiger partial charge in [-0.15, -0.1) is 0 Å². The van der Waals surface area contributed by atoms with E-state index in [0.29, 0.717) is 21.4 Å². The van der Waals surface area contributed by atoms with E-state index in [4.69, 9.17) is 23.2 Å². The lowest BCUT2D eigenvalue weighted by Crippen LogP contribution is -2.13. The molecule has 3 aromatic rings. The molecular formula is C13H7BrCl2N4O. The van der Waals surface area contributed by atoms with Crippen LogP contribution in [0.25, 0.3) is 5.65 Å². The number of nitrogens with one attached hydrogen (secondary N) is 1. The molecule has 0 saturated heterocycles. The smallest absolute Gasteiger partial charge is 0.276 e. The number of fused-ring (bicyclic) bond motifs is 1. The summed E-state index contributed by atoms with van der Waals surface area (Å²) in [6.45, 7) is 0. The van der Waals surface area contributed by atoms with Crippen LogP contribution in [0.4, 0.5) is 5.69 Å². The van der Waals surface area contributed by atoms with Crippen LogP contribution in [0.2, 0.25) is 10.0 Å². The molecular weight excluding hydrogens is 379 g/mol. The molecule has 2 aromatic heterocycles. The fourth-order valence-electron chi connectivity index (χ4n) is 1.74. The molecule has 0 spiro atoms. The monoisotopic (exact) mass is 384 g/mol. The number of anilines is 1. The Morgan fingerprint density at radius 3 is 2.86 bits per heavy atom. The van der Waals surface area contributed by atoms with Crippen LogP contribution in [0, 0.1) is 0 Å². The number of carbonyl (C=O) groups excluding carboxylic acids is 1. The third-order valence-electron chi connectivity index (χ3n) is 2.69. The van der Waals surface area contributed by atoms with Gasteiger partial charge in [0.05, 0.1) is 15.2 Å². The molecule has 0 aliphatic heterocycles. The van der Waals surface area contributed by atoms with Gasteiger partial charge in [0.2, 0.25) is 0 Å². The van der Waals surface area contributed by atoms with Gasteiger partial charge in [-0.25, -0.2) is 9.50 Å². The van der Waals surface area contributed by atoms with Crippen molar-refractivity contribution in [1.29, 1.82) is 0 Å². The van der Waals surface area contributed by atoms with Gasteiger partial charge in [-0.1, -0.05) is 23.2 Å². The van der Waals surface area contributed by atoms with E-state index in [1.165, 1.54) is 4.52 Å². The standard InChI is InChI=1S/C13H7BrCl2N4O/c14-7-5-17-12-4-11(19-20(12)6-7)13(21)18-10-2-1-8(15)3-9(10)16/h1-6H,(H,18,21). The minimum absolute atomic E-state index is 0.242. The average molecular weight is 386 g/mol. The minimum atomic E-state index is -0.374. The molecule has 0 aliphatic rings. The molecule has 0 saturated carbocycles. The highest BCUT2D eigenvalue weighted by atomic mass is 79.9. The van der Waals surface area contributed by atoms with Crippen LogP contribution in [0.1, 0.15) is 10.5 Å². The van der Waals surface area contributed by atoms with Crippen LogP contribution in [0.5, 0.6) is 0 Å². The van der Waals surface area contributed by atoms with Crippen LogP contribution < -0.4 is 5.32 Å². The minimum Gasteiger partial charge on any atom is -0.319 e. The Balaban J connectivity index is 1.89. The van der Waals surface area contributed by atoms with Crippen molar-refractivity contribution in [1.82, 2.24) is 14.6 Å². The lowest BCUT2D eigenvalue weighted by Gasteiger charge is -2.05. The molecule has 3 rings (SSSR count). The van der Waals surface area contributed by atoms with E-state index < -0.39 is 0 Å². The van der Waals surface area contributed by atoms with E-state index in [1.54, 1.807) is 36.7 Å². The predicted molar refractivity (Wildman–Crippen MR) is 85.1 cm³/mol. The Hall–Kier alpha value is -1.63. The zero-order chi connectivity index (χ0) is 15.0. The number of amides is 1. The lowest BCUT2D eigenvalue weighted by molar-refractivity contribution is 0.102. The van der Waals surface area contributed by atoms with Crippen molar-refractivity contribution < 1.29 is 4.79 Å². The Morgan fingerprint density at radius 1 is 1.29 bits per heavy atom. The fourth-order valence-corrected chi connectivity index (χ4v) is 2.49. The van der Waals surface area contributed by atoms with Crippen LogP contribution in [0.15, 0.2) is 41.1 Å². The summed E-state index contributed by atoms with van der Waals surface area (Å²) < 4.78 is 2.29. The van der Waals surface area contributed by atoms with Crippen LogP contribution in [-0.4, -0.2) is 20.5 Å². The summed E-state index contributed by atoms with van der Waals surface area (Å²) >= 11 is 15.1. The van der Waals surface area contributed by atoms with Gasteiger partial charge >= 0.3 is 0 Å². The van der Waals surface area contributed by atoms with E-state index in [-0.39, 0.29) is 11.6 Å². The van der Waals surface area contributed by atoms with E-state index in [1.807, 2.05) is 0 Å². The number of benzene rings is 1. The molecule has 2 heterocycles. The Bertz CT molecular complexity index is 849. The maximum atomic E-state index is 12.2. The first-order valence-electron chi connectivity index (χ1n) is 5.80. The number of halogens is 3. The van der Waals surface area contributed by atoms with Gasteiger partial charge in [-0.05, 0) is 34.1 Å². The first-order chi connectivity index (χ1) is 10.0. The van der Waals surface area contributed by atoms with Crippen LogP contribution in [-0.2, 0) is 0 Å². The second kappa shape index (κ2) is 5.63. The molecule has 8 heteroatoms. The normalized spacial score (nSPS) is 10.8. The van der Waals surface area contributed by atoms with Gasteiger partial charge in [-0.3, -0.25) is 4.79 Å². The molecule has 106 valence electrons. The molecule has 0 unspecified atom stereocenters. The highest BCUT2D eigenvalue weighted by Crippen LogP contribution is 2.25. The van der Waals surface area contributed by atoms with E-state index >= 15 is 0 Å². The van der Waals surface area contributed by atoms with Gasteiger partial charge in [0.25, 0.3) is 5.91 Å². The highest BCUT2D eigenvalue weighted by Gasteiger charge is 2.13. The molecule has 5 nitrogen and oxygen atoms in total. The summed E-state index contributed by atoms with van der Waals surface area (Å²) in [6, 6.07) is 6.42. The lowest BCUT2D eigenvalue weighted by atomic mass is 10.3. The maximum absolute atomic E-state index is 12.2. The van der Waals surface area contributed by atoms with Crippen molar-refractivity contribution >= 4 is 56.4 Å². The van der Waals surface area contributed by atoms with E-state index in [9.17, 15) is 4.79 Å². The number of rotatable bonds is 2. The highest BCUT2D eigenvalue weighted by molar-refractivity contribution is 9.10. The molecule has 1 N–H and O–H groups in total. The van der Waals surface area contributed by atoms with E-state index in [0.717, 1.165) is 4.47 Å². The summed E-state index contributed by atoms with van der Waals surface area (Å²) in [5.74, 6) is -0.374. The van der Waals surface area contributed by atoms with Gasteiger partial charge in [-0.2, -0.15) is 5.10 Å². The summed E-state index contributed by atoms with van der Waals surface area (Å²) in [6.07, 6.45) is 3.35. The van der Waals surface area contributed by atoms with Crippen molar-refractivity contribution in [3.8, 4) is 0 Å². The third-order valence-corrected chi connectivity index (χ3v) is 3.65. The Labute approximate surface area is 138 Å². The van der Waals surface area contributed by atoms with Gasteiger partial charge in [0.15, 0.2) is 11.3 Å². The first-order valence-corrected chi connectivity index (χ1v) is 7.35. The number of nitrogens with zero attached hydrogens (tertiary/aromatic N) is 3. The number of hydrogen-bond acceptors (Lipinski definition) is 3. The summed E-state index contributed by atoms with van der Waals surface area (Å²) in [7, 11) is 0. The molecule has 0 atom stereocenters. The number of hydrogen-bond donors (Lipinski definition) is 1. The largest absolute Gasteiger partial charge is 0.319 e.